The SMILES string of the molecule is BrCC1CC(c2ccc(Br)cc2)=NO1. The van der Waals surface area contributed by atoms with Crippen molar-refractivity contribution >= 4 is 37.6 Å². The lowest BCUT2D eigenvalue weighted by molar-refractivity contribution is 0.104. The Morgan fingerprint density at radius 1 is 1.36 bits per heavy atom. The van der Waals surface area contributed by atoms with Crippen LogP contribution in [-0.2, 0) is 4.84 Å². The third-order valence-electron chi connectivity index (χ3n) is 2.08. The fourth-order valence-corrected chi connectivity index (χ4v) is 1.94. The number of hydrogen-bond acceptors (Lipinski definition) is 2. The van der Waals surface area contributed by atoms with E-state index >= 15 is 0 Å². The molecule has 1 atom stereocenters. The van der Waals surface area contributed by atoms with E-state index in [0.717, 1.165) is 27.5 Å². The number of hydrogen-bond donors (Lipinski definition) is 0. The lowest BCUT2D eigenvalue weighted by Gasteiger charge is -2.01. The highest BCUT2D eigenvalue weighted by atomic mass is 79.9. The topological polar surface area (TPSA) is 21.6 Å². The first kappa shape index (κ1) is 10.2. The van der Waals surface area contributed by atoms with E-state index in [4.69, 9.17) is 4.84 Å². The van der Waals surface area contributed by atoms with Gasteiger partial charge in [-0.25, -0.2) is 0 Å². The van der Waals surface area contributed by atoms with Gasteiger partial charge in [0.25, 0.3) is 0 Å². The maximum Gasteiger partial charge on any atom is 0.142 e. The zero-order chi connectivity index (χ0) is 9.97. The lowest BCUT2D eigenvalue weighted by Crippen LogP contribution is -2.09. The Morgan fingerprint density at radius 2 is 2.07 bits per heavy atom. The first-order valence-electron chi connectivity index (χ1n) is 4.34. The van der Waals surface area contributed by atoms with E-state index in [1.54, 1.807) is 0 Å². The highest BCUT2D eigenvalue weighted by Gasteiger charge is 2.20. The number of benzene rings is 1. The van der Waals surface area contributed by atoms with E-state index in [-0.39, 0.29) is 6.10 Å². The van der Waals surface area contributed by atoms with Crippen molar-refractivity contribution in [3.63, 3.8) is 0 Å². The van der Waals surface area contributed by atoms with Gasteiger partial charge in [-0.1, -0.05) is 49.1 Å². The molecule has 14 heavy (non-hydrogen) atoms. The summed E-state index contributed by atoms with van der Waals surface area (Å²) in [5, 5.41) is 4.89. The van der Waals surface area contributed by atoms with Crippen LogP contribution in [0.5, 0.6) is 0 Å². The minimum Gasteiger partial charge on any atom is -0.391 e. The molecule has 0 saturated carbocycles. The van der Waals surface area contributed by atoms with Gasteiger partial charge in [0.2, 0.25) is 0 Å². The summed E-state index contributed by atoms with van der Waals surface area (Å²) in [5.74, 6) is 0. The molecule has 1 unspecified atom stereocenters. The molecule has 74 valence electrons. The Labute approximate surface area is 99.6 Å². The van der Waals surface area contributed by atoms with Crippen LogP contribution < -0.4 is 0 Å². The molecule has 0 amide bonds. The molecule has 1 heterocycles. The summed E-state index contributed by atoms with van der Waals surface area (Å²) in [5.41, 5.74) is 2.17. The Bertz CT molecular complexity index is 348. The van der Waals surface area contributed by atoms with Crippen molar-refractivity contribution in [2.75, 3.05) is 5.33 Å². The number of rotatable bonds is 2. The Hall–Kier alpha value is -0.350. The van der Waals surface area contributed by atoms with E-state index in [0.29, 0.717) is 0 Å². The second kappa shape index (κ2) is 4.45. The van der Waals surface area contributed by atoms with Gasteiger partial charge in [0.05, 0.1) is 5.71 Å². The molecule has 0 radical (unpaired) electrons. The van der Waals surface area contributed by atoms with Gasteiger partial charge in [-0.3, -0.25) is 0 Å². The van der Waals surface area contributed by atoms with Crippen LogP contribution in [0.25, 0.3) is 0 Å². The van der Waals surface area contributed by atoms with Crippen molar-refractivity contribution in [1.29, 1.82) is 0 Å². The van der Waals surface area contributed by atoms with Crippen LogP contribution in [0.2, 0.25) is 0 Å². The van der Waals surface area contributed by atoms with Gasteiger partial charge in [0.1, 0.15) is 6.10 Å². The molecule has 2 nitrogen and oxygen atoms in total. The van der Waals surface area contributed by atoms with Gasteiger partial charge in [0.15, 0.2) is 0 Å². The summed E-state index contributed by atoms with van der Waals surface area (Å²) in [6.07, 6.45) is 1.07. The van der Waals surface area contributed by atoms with Crippen molar-refractivity contribution in [2.24, 2.45) is 5.16 Å². The molecule has 4 heteroatoms. The fraction of sp³-hybridized carbons (Fsp3) is 0.300. The molecule has 0 spiro atoms. The summed E-state index contributed by atoms with van der Waals surface area (Å²) < 4.78 is 1.08. The van der Waals surface area contributed by atoms with Gasteiger partial charge in [-0.05, 0) is 17.7 Å². The maximum atomic E-state index is 5.23. The van der Waals surface area contributed by atoms with E-state index in [1.807, 2.05) is 24.3 Å². The molecule has 0 aliphatic carbocycles. The van der Waals surface area contributed by atoms with Gasteiger partial charge >= 0.3 is 0 Å². The average molecular weight is 319 g/mol. The second-order valence-corrected chi connectivity index (χ2v) is 4.69. The van der Waals surface area contributed by atoms with Gasteiger partial charge in [-0.2, -0.15) is 0 Å². The maximum absolute atomic E-state index is 5.23. The number of nitrogens with zero attached hydrogens (tertiary/aromatic N) is 1. The Balaban J connectivity index is 2.13. The predicted molar refractivity (Wildman–Crippen MR) is 64.0 cm³/mol. The van der Waals surface area contributed by atoms with Crippen molar-refractivity contribution < 1.29 is 4.84 Å². The monoisotopic (exact) mass is 317 g/mol. The summed E-state index contributed by atoms with van der Waals surface area (Å²) in [7, 11) is 0. The molecule has 0 N–H and O–H groups in total. The van der Waals surface area contributed by atoms with E-state index in [1.165, 1.54) is 0 Å². The molecular weight excluding hydrogens is 310 g/mol. The molecule has 1 aliphatic rings. The first-order valence-corrected chi connectivity index (χ1v) is 6.25. The number of halogens is 2. The molecular formula is C10H9Br2NO. The van der Waals surface area contributed by atoms with Crippen molar-refractivity contribution in [1.82, 2.24) is 0 Å². The molecule has 1 aliphatic heterocycles. The van der Waals surface area contributed by atoms with Crippen LogP contribution in [0.15, 0.2) is 33.9 Å². The summed E-state index contributed by atoms with van der Waals surface area (Å²) in [6.45, 7) is 0. The number of oxime groups is 1. The van der Waals surface area contributed by atoms with Crippen LogP contribution in [0, 0.1) is 0 Å². The Kier molecular flexibility index (Phi) is 3.23. The summed E-state index contributed by atoms with van der Waals surface area (Å²) in [6, 6.07) is 8.12. The highest BCUT2D eigenvalue weighted by Crippen LogP contribution is 2.19. The quantitative estimate of drug-likeness (QED) is 0.766. The summed E-state index contributed by atoms with van der Waals surface area (Å²) >= 11 is 6.78. The fourth-order valence-electron chi connectivity index (χ4n) is 1.32. The van der Waals surface area contributed by atoms with Crippen molar-refractivity contribution in [3.8, 4) is 0 Å². The molecule has 1 aromatic rings. The van der Waals surface area contributed by atoms with Gasteiger partial charge in [0, 0.05) is 16.2 Å². The first-order chi connectivity index (χ1) is 6.79. The van der Waals surface area contributed by atoms with Crippen LogP contribution >= 0.6 is 31.9 Å². The molecule has 0 bridgehead atoms. The van der Waals surface area contributed by atoms with Crippen molar-refractivity contribution in [3.05, 3.63) is 34.3 Å². The number of alkyl halides is 1. The normalized spacial score (nSPS) is 20.4. The van der Waals surface area contributed by atoms with E-state index in [9.17, 15) is 0 Å². The predicted octanol–water partition coefficient (Wildman–Crippen LogP) is 3.34. The van der Waals surface area contributed by atoms with Gasteiger partial charge in [-0.15, -0.1) is 0 Å². The average Bonchev–Trinajstić information content (AvgIpc) is 2.67. The van der Waals surface area contributed by atoms with E-state index in [2.05, 4.69) is 37.0 Å². The van der Waals surface area contributed by atoms with Gasteiger partial charge < -0.3 is 4.84 Å². The van der Waals surface area contributed by atoms with Crippen LogP contribution in [0.4, 0.5) is 0 Å². The zero-order valence-corrected chi connectivity index (χ0v) is 10.6. The minimum atomic E-state index is 0.189. The third kappa shape index (κ3) is 2.17. The highest BCUT2D eigenvalue weighted by molar-refractivity contribution is 9.10. The summed E-state index contributed by atoms with van der Waals surface area (Å²) in [4.78, 5) is 5.23. The smallest absolute Gasteiger partial charge is 0.142 e. The van der Waals surface area contributed by atoms with Crippen LogP contribution in [-0.4, -0.2) is 17.1 Å². The van der Waals surface area contributed by atoms with Crippen molar-refractivity contribution in [2.45, 2.75) is 12.5 Å². The largest absolute Gasteiger partial charge is 0.391 e. The lowest BCUT2D eigenvalue weighted by atomic mass is 10.1. The van der Waals surface area contributed by atoms with Crippen LogP contribution in [0.3, 0.4) is 0 Å². The van der Waals surface area contributed by atoms with E-state index < -0.39 is 0 Å². The Morgan fingerprint density at radius 3 is 2.64 bits per heavy atom. The minimum absolute atomic E-state index is 0.189. The van der Waals surface area contributed by atoms with Crippen LogP contribution in [0.1, 0.15) is 12.0 Å². The molecule has 0 saturated heterocycles. The second-order valence-electron chi connectivity index (χ2n) is 3.13. The standard InChI is InChI=1S/C10H9Br2NO/c11-6-9-5-10(13-14-9)7-1-3-8(12)4-2-7/h1-4,9H,5-6H2. The molecule has 2 rings (SSSR count). The molecule has 1 aromatic carbocycles. The molecule has 0 aromatic heterocycles. The third-order valence-corrected chi connectivity index (χ3v) is 3.33. The zero-order valence-electron chi connectivity index (χ0n) is 7.41. The molecule has 0 fully saturated rings.